The molecule has 1 N–H and O–H groups in total. The summed E-state index contributed by atoms with van der Waals surface area (Å²) in [7, 11) is 0. The van der Waals surface area contributed by atoms with E-state index in [-0.39, 0.29) is 6.61 Å². The molecule has 0 amide bonds. The van der Waals surface area contributed by atoms with E-state index in [0.717, 1.165) is 11.3 Å². The lowest BCUT2D eigenvalue weighted by Gasteiger charge is -2.09. The van der Waals surface area contributed by atoms with Crippen molar-refractivity contribution in [3.63, 3.8) is 0 Å². The highest BCUT2D eigenvalue weighted by atomic mass is 32.1. The van der Waals surface area contributed by atoms with E-state index >= 15 is 0 Å². The summed E-state index contributed by atoms with van der Waals surface area (Å²) in [6.45, 7) is 0.749. The summed E-state index contributed by atoms with van der Waals surface area (Å²) in [6, 6.07) is 11.9. The number of rotatable bonds is 5. The minimum absolute atomic E-state index is 0.152. The summed E-state index contributed by atoms with van der Waals surface area (Å²) in [5, 5.41) is 11.0. The fourth-order valence-electron chi connectivity index (χ4n) is 1.52. The predicted octanol–water partition coefficient (Wildman–Crippen LogP) is 2.86. The first-order valence-corrected chi connectivity index (χ1v) is 6.12. The van der Waals surface area contributed by atoms with Crippen LogP contribution in [0.3, 0.4) is 0 Å². The maximum Gasteiger partial charge on any atom is 0.123 e. The van der Waals surface area contributed by atoms with Gasteiger partial charge in [-0.25, -0.2) is 0 Å². The molecule has 0 aliphatic carbocycles. The number of aliphatic hydroxyl groups excluding tert-OH is 1. The Morgan fingerprint density at radius 2 is 2.00 bits per heavy atom. The van der Waals surface area contributed by atoms with Crippen molar-refractivity contribution < 1.29 is 9.84 Å². The molecule has 0 unspecified atom stereocenters. The standard InChI is InChI=1S/C13H14O2S/c14-8-7-11-4-1-2-6-13(11)15-10-12-5-3-9-16-12/h1-6,9,14H,7-8,10H2. The quantitative estimate of drug-likeness (QED) is 0.862. The lowest BCUT2D eigenvalue weighted by molar-refractivity contribution is 0.285. The van der Waals surface area contributed by atoms with Crippen LogP contribution in [0.5, 0.6) is 5.75 Å². The average molecular weight is 234 g/mol. The van der Waals surface area contributed by atoms with Crippen molar-refractivity contribution in [2.75, 3.05) is 6.61 Å². The topological polar surface area (TPSA) is 29.5 Å². The Labute approximate surface area is 99.1 Å². The third kappa shape index (κ3) is 2.84. The summed E-state index contributed by atoms with van der Waals surface area (Å²) < 4.78 is 5.73. The molecule has 2 rings (SSSR count). The summed E-state index contributed by atoms with van der Waals surface area (Å²) >= 11 is 1.69. The Morgan fingerprint density at radius 1 is 1.12 bits per heavy atom. The highest BCUT2D eigenvalue weighted by Crippen LogP contribution is 2.20. The maximum atomic E-state index is 8.94. The van der Waals surface area contributed by atoms with Crippen LogP contribution in [0.15, 0.2) is 41.8 Å². The number of para-hydroxylation sites is 1. The van der Waals surface area contributed by atoms with E-state index < -0.39 is 0 Å². The maximum absolute atomic E-state index is 8.94. The van der Waals surface area contributed by atoms with Crippen LogP contribution < -0.4 is 4.74 Å². The molecule has 1 aromatic carbocycles. The van der Waals surface area contributed by atoms with Crippen LogP contribution >= 0.6 is 11.3 Å². The molecule has 1 aromatic heterocycles. The molecule has 2 aromatic rings. The number of benzene rings is 1. The Bertz CT molecular complexity index is 423. The fourth-order valence-corrected chi connectivity index (χ4v) is 2.13. The molecule has 0 spiro atoms. The van der Waals surface area contributed by atoms with Crippen LogP contribution in [0, 0.1) is 0 Å². The van der Waals surface area contributed by atoms with Gasteiger partial charge in [-0.05, 0) is 29.5 Å². The Hall–Kier alpha value is -1.32. The van der Waals surface area contributed by atoms with Gasteiger partial charge < -0.3 is 9.84 Å². The highest BCUT2D eigenvalue weighted by molar-refractivity contribution is 7.09. The predicted molar refractivity (Wildman–Crippen MR) is 65.9 cm³/mol. The number of aliphatic hydroxyl groups is 1. The van der Waals surface area contributed by atoms with Crippen LogP contribution in [0.1, 0.15) is 10.4 Å². The van der Waals surface area contributed by atoms with Crippen LogP contribution in [0.25, 0.3) is 0 Å². The molecule has 0 saturated heterocycles. The first-order valence-electron chi connectivity index (χ1n) is 5.24. The zero-order valence-electron chi connectivity index (χ0n) is 8.93. The molecule has 0 radical (unpaired) electrons. The van der Waals surface area contributed by atoms with Gasteiger partial charge in [0.15, 0.2) is 0 Å². The number of hydrogen-bond donors (Lipinski definition) is 1. The molecule has 0 aliphatic rings. The van der Waals surface area contributed by atoms with Crippen molar-refractivity contribution in [2.45, 2.75) is 13.0 Å². The molecule has 0 bridgehead atoms. The lowest BCUT2D eigenvalue weighted by Crippen LogP contribution is -1.98. The van der Waals surface area contributed by atoms with Crippen molar-refractivity contribution in [3.05, 3.63) is 52.2 Å². The second-order valence-electron chi connectivity index (χ2n) is 3.45. The van der Waals surface area contributed by atoms with Crippen molar-refractivity contribution in [1.29, 1.82) is 0 Å². The zero-order chi connectivity index (χ0) is 11.2. The monoisotopic (exact) mass is 234 g/mol. The van der Waals surface area contributed by atoms with E-state index in [1.807, 2.05) is 35.7 Å². The fraction of sp³-hybridized carbons (Fsp3) is 0.231. The summed E-state index contributed by atoms with van der Waals surface area (Å²) in [5.41, 5.74) is 1.06. The van der Waals surface area contributed by atoms with Gasteiger partial charge in [-0.1, -0.05) is 24.3 Å². The minimum Gasteiger partial charge on any atom is -0.488 e. The second-order valence-corrected chi connectivity index (χ2v) is 4.48. The third-order valence-corrected chi connectivity index (χ3v) is 3.15. The molecule has 3 heteroatoms. The molecule has 1 heterocycles. The molecular formula is C13H14O2S. The molecule has 0 aliphatic heterocycles. The molecular weight excluding hydrogens is 220 g/mol. The third-order valence-electron chi connectivity index (χ3n) is 2.30. The van der Waals surface area contributed by atoms with Crippen LogP contribution in [-0.2, 0) is 13.0 Å². The van der Waals surface area contributed by atoms with Crippen LogP contribution in [0.2, 0.25) is 0 Å². The van der Waals surface area contributed by atoms with Crippen molar-refractivity contribution >= 4 is 11.3 Å². The zero-order valence-corrected chi connectivity index (χ0v) is 9.74. The lowest BCUT2D eigenvalue weighted by atomic mass is 10.1. The molecule has 0 fully saturated rings. The second kappa shape index (κ2) is 5.68. The van der Waals surface area contributed by atoms with Gasteiger partial charge in [0.1, 0.15) is 12.4 Å². The van der Waals surface area contributed by atoms with Crippen molar-refractivity contribution in [2.24, 2.45) is 0 Å². The van der Waals surface area contributed by atoms with Gasteiger partial charge in [0.05, 0.1) is 0 Å². The highest BCUT2D eigenvalue weighted by Gasteiger charge is 2.02. The summed E-state index contributed by atoms with van der Waals surface area (Å²) in [6.07, 6.45) is 0.639. The van der Waals surface area contributed by atoms with Gasteiger partial charge in [-0.2, -0.15) is 0 Å². The van der Waals surface area contributed by atoms with E-state index in [0.29, 0.717) is 13.0 Å². The molecule has 0 atom stereocenters. The van der Waals surface area contributed by atoms with Gasteiger partial charge in [-0.3, -0.25) is 0 Å². The Morgan fingerprint density at radius 3 is 2.75 bits per heavy atom. The van der Waals surface area contributed by atoms with Crippen LogP contribution in [0.4, 0.5) is 0 Å². The van der Waals surface area contributed by atoms with Gasteiger partial charge >= 0.3 is 0 Å². The van der Waals surface area contributed by atoms with Gasteiger partial charge in [-0.15, -0.1) is 11.3 Å². The molecule has 0 saturated carbocycles. The van der Waals surface area contributed by atoms with E-state index in [1.54, 1.807) is 11.3 Å². The minimum atomic E-state index is 0.152. The van der Waals surface area contributed by atoms with Crippen LogP contribution in [-0.4, -0.2) is 11.7 Å². The molecule has 84 valence electrons. The summed E-state index contributed by atoms with van der Waals surface area (Å²) in [4.78, 5) is 1.21. The van der Waals surface area contributed by atoms with Gasteiger partial charge in [0.25, 0.3) is 0 Å². The van der Waals surface area contributed by atoms with Crippen molar-refractivity contribution in [1.82, 2.24) is 0 Å². The first-order chi connectivity index (χ1) is 7.90. The van der Waals surface area contributed by atoms with Crippen molar-refractivity contribution in [3.8, 4) is 5.75 Å². The smallest absolute Gasteiger partial charge is 0.123 e. The molecule has 16 heavy (non-hydrogen) atoms. The van der Waals surface area contributed by atoms with E-state index in [9.17, 15) is 0 Å². The van der Waals surface area contributed by atoms with E-state index in [1.165, 1.54) is 4.88 Å². The molecule has 2 nitrogen and oxygen atoms in total. The number of ether oxygens (including phenoxy) is 1. The average Bonchev–Trinajstić information content (AvgIpc) is 2.81. The largest absolute Gasteiger partial charge is 0.488 e. The normalized spacial score (nSPS) is 10.3. The Kier molecular flexibility index (Phi) is 3.97. The van der Waals surface area contributed by atoms with Gasteiger partial charge in [0, 0.05) is 11.5 Å². The SMILES string of the molecule is OCCc1ccccc1OCc1cccs1. The Balaban J connectivity index is 2.03. The van der Waals surface area contributed by atoms with E-state index in [4.69, 9.17) is 9.84 Å². The number of thiophene rings is 1. The van der Waals surface area contributed by atoms with E-state index in [2.05, 4.69) is 6.07 Å². The first kappa shape index (κ1) is 11.2. The van der Waals surface area contributed by atoms with Gasteiger partial charge in [0.2, 0.25) is 0 Å². The summed E-state index contributed by atoms with van der Waals surface area (Å²) in [5.74, 6) is 0.866. The number of hydrogen-bond acceptors (Lipinski definition) is 3.